The highest BCUT2D eigenvalue weighted by molar-refractivity contribution is 5.99. The molecule has 1 aromatic carbocycles. The van der Waals surface area contributed by atoms with Crippen LogP contribution in [0.3, 0.4) is 0 Å². The number of rotatable bonds is 6. The fourth-order valence-corrected chi connectivity index (χ4v) is 3.15. The molecular weight excluding hydrogens is 366 g/mol. The van der Waals surface area contributed by atoms with Crippen LogP contribution in [0, 0.1) is 6.92 Å². The van der Waals surface area contributed by atoms with E-state index in [1.165, 1.54) is 0 Å². The topological polar surface area (TPSA) is 90.1 Å². The number of hydrogen-bond donors (Lipinski definition) is 3. The number of aryl methyl sites for hydroxylation is 1. The van der Waals surface area contributed by atoms with Gasteiger partial charge in [-0.2, -0.15) is 5.10 Å². The maximum Gasteiger partial charge on any atom is 0.275 e. The molecule has 2 heterocycles. The zero-order chi connectivity index (χ0) is 18.5. The lowest BCUT2D eigenvalue weighted by Crippen LogP contribution is -2.39. The Morgan fingerprint density at radius 2 is 2.07 bits per heavy atom. The Labute approximate surface area is 165 Å². The number of amides is 2. The molecule has 0 radical (unpaired) electrons. The Kier molecular flexibility index (Phi) is 7.38. The number of nitrogens with zero attached hydrogens (tertiary/aromatic N) is 2. The molecule has 1 aliphatic rings. The smallest absolute Gasteiger partial charge is 0.275 e. The second kappa shape index (κ2) is 9.53. The largest absolute Gasteiger partial charge is 0.328 e. The SMILES string of the molecule is CCCN(CC(=O)Nc1ccccc1C)C(=O)c1n[nH]c2c1CNCC2.Cl. The molecule has 0 saturated heterocycles. The minimum Gasteiger partial charge on any atom is -0.328 e. The number of carbonyl (C=O) groups excluding carboxylic acids is 2. The van der Waals surface area contributed by atoms with Gasteiger partial charge in [0.1, 0.15) is 6.54 Å². The number of halogens is 1. The molecule has 3 N–H and O–H groups in total. The second-order valence-corrected chi connectivity index (χ2v) is 6.55. The minimum atomic E-state index is -0.205. The number of aromatic nitrogens is 2. The van der Waals surface area contributed by atoms with E-state index in [-0.39, 0.29) is 30.8 Å². The zero-order valence-electron chi connectivity index (χ0n) is 15.7. The number of hydrogen-bond acceptors (Lipinski definition) is 4. The molecule has 0 fully saturated rings. The summed E-state index contributed by atoms with van der Waals surface area (Å²) in [6.45, 7) is 5.95. The molecule has 27 heavy (non-hydrogen) atoms. The lowest BCUT2D eigenvalue weighted by molar-refractivity contribution is -0.116. The van der Waals surface area contributed by atoms with E-state index in [1.807, 2.05) is 38.1 Å². The van der Waals surface area contributed by atoms with Crippen molar-refractivity contribution in [1.29, 1.82) is 0 Å². The molecule has 1 aliphatic heterocycles. The van der Waals surface area contributed by atoms with Gasteiger partial charge < -0.3 is 15.5 Å². The van der Waals surface area contributed by atoms with E-state index in [4.69, 9.17) is 0 Å². The van der Waals surface area contributed by atoms with Crippen molar-refractivity contribution in [2.24, 2.45) is 0 Å². The van der Waals surface area contributed by atoms with Crippen LogP contribution in [0.5, 0.6) is 0 Å². The number of nitrogens with one attached hydrogen (secondary N) is 3. The van der Waals surface area contributed by atoms with Gasteiger partial charge >= 0.3 is 0 Å². The third-order valence-electron chi connectivity index (χ3n) is 4.54. The number of benzene rings is 1. The van der Waals surface area contributed by atoms with Crippen LogP contribution in [0.15, 0.2) is 24.3 Å². The lowest BCUT2D eigenvalue weighted by atomic mass is 10.1. The number of H-pyrrole nitrogens is 1. The van der Waals surface area contributed by atoms with E-state index in [2.05, 4.69) is 20.8 Å². The Bertz CT molecular complexity index is 805. The summed E-state index contributed by atoms with van der Waals surface area (Å²) in [7, 11) is 0. The van der Waals surface area contributed by atoms with Crippen molar-refractivity contribution in [3.63, 3.8) is 0 Å². The molecule has 7 nitrogen and oxygen atoms in total. The number of para-hydroxylation sites is 1. The van der Waals surface area contributed by atoms with Gasteiger partial charge in [-0.15, -0.1) is 12.4 Å². The predicted molar refractivity (Wildman–Crippen MR) is 107 cm³/mol. The predicted octanol–water partition coefficient (Wildman–Crippen LogP) is 2.28. The maximum absolute atomic E-state index is 13.0. The number of fused-ring (bicyclic) bond motifs is 1. The average molecular weight is 392 g/mol. The number of carbonyl (C=O) groups is 2. The van der Waals surface area contributed by atoms with Crippen LogP contribution >= 0.6 is 12.4 Å². The molecule has 0 saturated carbocycles. The maximum atomic E-state index is 13.0. The third kappa shape index (κ3) is 4.87. The highest BCUT2D eigenvalue weighted by atomic mass is 35.5. The molecule has 8 heteroatoms. The quantitative estimate of drug-likeness (QED) is 0.704. The normalized spacial score (nSPS) is 12.7. The van der Waals surface area contributed by atoms with Crippen molar-refractivity contribution in [3.8, 4) is 0 Å². The summed E-state index contributed by atoms with van der Waals surface area (Å²) in [6, 6.07) is 7.59. The van der Waals surface area contributed by atoms with E-state index in [9.17, 15) is 9.59 Å². The van der Waals surface area contributed by atoms with Gasteiger partial charge in [-0.25, -0.2) is 0 Å². The fraction of sp³-hybridized carbons (Fsp3) is 0.421. The molecule has 0 bridgehead atoms. The van der Waals surface area contributed by atoms with Crippen molar-refractivity contribution in [2.75, 3.05) is 25.0 Å². The summed E-state index contributed by atoms with van der Waals surface area (Å²) in [5, 5.41) is 13.3. The van der Waals surface area contributed by atoms with Crippen molar-refractivity contribution in [3.05, 3.63) is 46.8 Å². The van der Waals surface area contributed by atoms with Gasteiger partial charge in [0.15, 0.2) is 5.69 Å². The van der Waals surface area contributed by atoms with Gasteiger partial charge in [0.05, 0.1) is 0 Å². The molecule has 0 aliphatic carbocycles. The first-order valence-corrected chi connectivity index (χ1v) is 9.01. The van der Waals surface area contributed by atoms with Gasteiger partial charge in [0, 0.05) is 43.0 Å². The van der Waals surface area contributed by atoms with Crippen LogP contribution in [0.4, 0.5) is 5.69 Å². The van der Waals surface area contributed by atoms with E-state index in [0.717, 1.165) is 41.9 Å². The molecule has 0 unspecified atom stereocenters. The molecule has 3 rings (SSSR count). The Morgan fingerprint density at radius 3 is 2.81 bits per heavy atom. The van der Waals surface area contributed by atoms with E-state index in [0.29, 0.717) is 18.8 Å². The van der Waals surface area contributed by atoms with Crippen LogP contribution in [-0.4, -0.2) is 46.5 Å². The zero-order valence-corrected chi connectivity index (χ0v) is 16.5. The summed E-state index contributed by atoms with van der Waals surface area (Å²) in [5.74, 6) is -0.406. The van der Waals surface area contributed by atoms with E-state index in [1.54, 1.807) is 4.90 Å². The van der Waals surface area contributed by atoms with Crippen molar-refractivity contribution in [1.82, 2.24) is 20.4 Å². The highest BCUT2D eigenvalue weighted by Crippen LogP contribution is 2.18. The van der Waals surface area contributed by atoms with Gasteiger partial charge in [-0.3, -0.25) is 14.7 Å². The summed E-state index contributed by atoms with van der Waals surface area (Å²) in [5.41, 5.74) is 4.10. The molecule has 146 valence electrons. The molecule has 2 amide bonds. The van der Waals surface area contributed by atoms with Gasteiger partial charge in [-0.05, 0) is 25.0 Å². The van der Waals surface area contributed by atoms with Gasteiger partial charge in [-0.1, -0.05) is 25.1 Å². The summed E-state index contributed by atoms with van der Waals surface area (Å²) in [4.78, 5) is 27.0. The summed E-state index contributed by atoms with van der Waals surface area (Å²) in [6.07, 6.45) is 1.60. The Balaban J connectivity index is 0.00000261. The standard InChI is InChI=1S/C19H25N5O2.ClH/c1-3-10-24(12-17(25)21-15-7-5-4-6-13(15)2)19(26)18-14-11-20-9-8-16(14)22-23-18;/h4-7,20H,3,8-12H2,1-2H3,(H,21,25)(H,22,23);1H. The fourth-order valence-electron chi connectivity index (χ4n) is 3.15. The minimum absolute atomic E-state index is 0. The third-order valence-corrected chi connectivity index (χ3v) is 4.54. The monoisotopic (exact) mass is 391 g/mol. The first kappa shape index (κ1) is 20.9. The number of aromatic amines is 1. The van der Waals surface area contributed by atoms with Crippen molar-refractivity contribution >= 4 is 29.9 Å². The molecule has 2 aromatic rings. The molecule has 1 aromatic heterocycles. The Hall–Kier alpha value is -2.38. The summed E-state index contributed by atoms with van der Waals surface area (Å²) >= 11 is 0. The van der Waals surface area contributed by atoms with Crippen LogP contribution in [0.2, 0.25) is 0 Å². The highest BCUT2D eigenvalue weighted by Gasteiger charge is 2.26. The molecule has 0 spiro atoms. The lowest BCUT2D eigenvalue weighted by Gasteiger charge is -2.22. The van der Waals surface area contributed by atoms with Crippen LogP contribution in [0.25, 0.3) is 0 Å². The molecular formula is C19H26ClN5O2. The first-order valence-electron chi connectivity index (χ1n) is 9.01. The number of anilines is 1. The van der Waals surface area contributed by atoms with E-state index < -0.39 is 0 Å². The Morgan fingerprint density at radius 1 is 1.30 bits per heavy atom. The van der Waals surface area contributed by atoms with Gasteiger partial charge in [0.25, 0.3) is 5.91 Å². The van der Waals surface area contributed by atoms with Crippen molar-refractivity contribution < 1.29 is 9.59 Å². The van der Waals surface area contributed by atoms with Crippen LogP contribution in [0.1, 0.15) is 40.7 Å². The van der Waals surface area contributed by atoms with E-state index >= 15 is 0 Å². The van der Waals surface area contributed by atoms with Crippen molar-refractivity contribution in [2.45, 2.75) is 33.2 Å². The first-order chi connectivity index (χ1) is 12.6. The van der Waals surface area contributed by atoms with Crippen LogP contribution in [-0.2, 0) is 17.8 Å². The summed E-state index contributed by atoms with van der Waals surface area (Å²) < 4.78 is 0. The molecule has 0 atom stereocenters. The van der Waals surface area contributed by atoms with Crippen LogP contribution < -0.4 is 10.6 Å². The van der Waals surface area contributed by atoms with Gasteiger partial charge in [0.2, 0.25) is 5.91 Å². The second-order valence-electron chi connectivity index (χ2n) is 6.55. The average Bonchev–Trinajstić information content (AvgIpc) is 3.07.